The van der Waals surface area contributed by atoms with E-state index in [9.17, 15) is 18.0 Å². The zero-order chi connectivity index (χ0) is 21.6. The number of quaternary nitrogens is 1. The third-order valence-electron chi connectivity index (χ3n) is 5.04. The Morgan fingerprint density at radius 3 is 2.53 bits per heavy atom. The molecule has 0 bridgehead atoms. The van der Waals surface area contributed by atoms with Gasteiger partial charge in [0.2, 0.25) is 0 Å². The second-order valence-electron chi connectivity index (χ2n) is 7.41. The van der Waals surface area contributed by atoms with Crippen molar-refractivity contribution >= 4 is 5.91 Å². The highest BCUT2D eigenvalue weighted by atomic mass is 19.4. The van der Waals surface area contributed by atoms with E-state index in [2.05, 4.69) is 5.32 Å². The van der Waals surface area contributed by atoms with Crippen LogP contribution in [0.2, 0.25) is 0 Å². The van der Waals surface area contributed by atoms with Gasteiger partial charge in [0.25, 0.3) is 5.91 Å². The molecule has 3 rings (SSSR count). The molecule has 0 saturated carbocycles. The molecule has 1 heterocycles. The van der Waals surface area contributed by atoms with Crippen LogP contribution in [0.25, 0.3) is 0 Å². The standard InChI is InChI=1S/C22H25F3N2O3/c1-16-5-7-17(8-6-16)20(14-27-9-11-29-12-10-27)26-21(28)15-30-19-4-2-3-18(13-19)22(23,24)25/h2-8,13,20H,9-12,14-15H2,1H3,(H,26,28)/p+1/t20-/m0/s1. The lowest BCUT2D eigenvalue weighted by Gasteiger charge is -2.28. The number of hydrogen-bond donors (Lipinski definition) is 2. The van der Waals surface area contributed by atoms with Crippen molar-refractivity contribution in [2.75, 3.05) is 39.5 Å². The smallest absolute Gasteiger partial charge is 0.416 e. The van der Waals surface area contributed by atoms with E-state index in [1.165, 1.54) is 17.0 Å². The first-order valence-electron chi connectivity index (χ1n) is 9.88. The number of alkyl halides is 3. The quantitative estimate of drug-likeness (QED) is 0.718. The highest BCUT2D eigenvalue weighted by molar-refractivity contribution is 5.78. The number of benzene rings is 2. The predicted octanol–water partition coefficient (Wildman–Crippen LogP) is 2.17. The topological polar surface area (TPSA) is 52.0 Å². The third kappa shape index (κ3) is 6.47. The molecule has 1 saturated heterocycles. The lowest BCUT2D eigenvalue weighted by molar-refractivity contribution is -0.909. The van der Waals surface area contributed by atoms with Crippen LogP contribution in [0.5, 0.6) is 5.75 Å². The lowest BCUT2D eigenvalue weighted by atomic mass is 10.0. The number of rotatable bonds is 7. The maximum atomic E-state index is 12.8. The summed E-state index contributed by atoms with van der Waals surface area (Å²) in [5.74, 6) is -0.378. The predicted molar refractivity (Wildman–Crippen MR) is 105 cm³/mol. The van der Waals surface area contributed by atoms with Gasteiger partial charge in [-0.2, -0.15) is 13.2 Å². The van der Waals surface area contributed by atoms with Crippen molar-refractivity contribution in [3.63, 3.8) is 0 Å². The summed E-state index contributed by atoms with van der Waals surface area (Å²) in [6.07, 6.45) is -4.46. The third-order valence-corrected chi connectivity index (χ3v) is 5.04. The Morgan fingerprint density at radius 2 is 1.87 bits per heavy atom. The Bertz CT molecular complexity index is 834. The Labute approximate surface area is 173 Å². The maximum Gasteiger partial charge on any atom is 0.416 e. The summed E-state index contributed by atoms with van der Waals surface area (Å²) >= 11 is 0. The van der Waals surface area contributed by atoms with Crippen LogP contribution in [0.1, 0.15) is 22.7 Å². The summed E-state index contributed by atoms with van der Waals surface area (Å²) < 4.78 is 49.2. The molecular weight excluding hydrogens is 397 g/mol. The van der Waals surface area contributed by atoms with Crippen molar-refractivity contribution in [1.82, 2.24) is 5.32 Å². The summed E-state index contributed by atoms with van der Waals surface area (Å²) in [7, 11) is 0. The molecule has 0 aromatic heterocycles. The molecule has 2 N–H and O–H groups in total. The number of nitrogens with one attached hydrogen (secondary N) is 2. The van der Waals surface area contributed by atoms with Crippen LogP contribution in [0.15, 0.2) is 48.5 Å². The first kappa shape index (κ1) is 22.1. The average Bonchev–Trinajstić information content (AvgIpc) is 2.73. The fourth-order valence-corrected chi connectivity index (χ4v) is 3.35. The van der Waals surface area contributed by atoms with E-state index in [0.717, 1.165) is 36.3 Å². The SMILES string of the molecule is Cc1ccc([C@H](C[NH+]2CCOCC2)NC(=O)COc2cccc(C(F)(F)F)c2)cc1. The minimum Gasteiger partial charge on any atom is -0.484 e. The van der Waals surface area contributed by atoms with Gasteiger partial charge in [-0.25, -0.2) is 0 Å². The molecular formula is C22H26F3N2O3+. The Kier molecular flexibility index (Phi) is 7.33. The number of amides is 1. The molecule has 5 nitrogen and oxygen atoms in total. The molecule has 2 aromatic rings. The summed E-state index contributed by atoms with van der Waals surface area (Å²) in [4.78, 5) is 13.8. The van der Waals surface area contributed by atoms with Crippen molar-refractivity contribution < 1.29 is 32.3 Å². The highest BCUT2D eigenvalue weighted by Crippen LogP contribution is 2.31. The van der Waals surface area contributed by atoms with Gasteiger partial charge in [-0.1, -0.05) is 35.9 Å². The van der Waals surface area contributed by atoms with Gasteiger partial charge in [-0.15, -0.1) is 0 Å². The molecule has 1 aliphatic rings. The van der Waals surface area contributed by atoms with E-state index in [4.69, 9.17) is 9.47 Å². The normalized spacial score (nSPS) is 16.1. The Hall–Kier alpha value is -2.58. The number of aryl methyl sites for hydroxylation is 1. The van der Waals surface area contributed by atoms with Crippen LogP contribution < -0.4 is 15.0 Å². The zero-order valence-corrected chi connectivity index (χ0v) is 16.8. The van der Waals surface area contributed by atoms with E-state index in [1.54, 1.807) is 0 Å². The molecule has 0 aliphatic carbocycles. The van der Waals surface area contributed by atoms with Crippen LogP contribution in [0, 0.1) is 6.92 Å². The van der Waals surface area contributed by atoms with E-state index in [-0.39, 0.29) is 24.3 Å². The largest absolute Gasteiger partial charge is 0.484 e. The molecule has 0 spiro atoms. The molecule has 8 heteroatoms. The van der Waals surface area contributed by atoms with Gasteiger partial charge in [-0.05, 0) is 30.7 Å². The van der Waals surface area contributed by atoms with Crippen molar-refractivity contribution in [2.24, 2.45) is 0 Å². The summed E-state index contributed by atoms with van der Waals surface area (Å²) in [5.41, 5.74) is 1.29. The van der Waals surface area contributed by atoms with Crippen LogP contribution in [-0.4, -0.2) is 45.4 Å². The van der Waals surface area contributed by atoms with Crippen LogP contribution >= 0.6 is 0 Å². The Morgan fingerprint density at radius 1 is 1.17 bits per heavy atom. The molecule has 30 heavy (non-hydrogen) atoms. The number of halogens is 3. The highest BCUT2D eigenvalue weighted by Gasteiger charge is 2.30. The van der Waals surface area contributed by atoms with Crippen molar-refractivity contribution in [3.05, 3.63) is 65.2 Å². The molecule has 162 valence electrons. The maximum absolute atomic E-state index is 12.8. The van der Waals surface area contributed by atoms with Crippen molar-refractivity contribution in [1.29, 1.82) is 0 Å². The molecule has 1 fully saturated rings. The van der Waals surface area contributed by atoms with Crippen LogP contribution in [0.4, 0.5) is 13.2 Å². The second kappa shape index (κ2) is 9.95. The molecule has 1 atom stereocenters. The van der Waals surface area contributed by atoms with Gasteiger partial charge in [0.15, 0.2) is 6.61 Å². The first-order chi connectivity index (χ1) is 14.3. The first-order valence-corrected chi connectivity index (χ1v) is 9.88. The minimum absolute atomic E-state index is 0.00525. The summed E-state index contributed by atoms with van der Waals surface area (Å²) in [5, 5.41) is 2.97. The van der Waals surface area contributed by atoms with Gasteiger partial charge in [0, 0.05) is 0 Å². The number of hydrogen-bond acceptors (Lipinski definition) is 3. The van der Waals surface area contributed by atoms with Crippen molar-refractivity contribution in [2.45, 2.75) is 19.1 Å². The molecule has 0 unspecified atom stereocenters. The fraction of sp³-hybridized carbons (Fsp3) is 0.409. The van der Waals surface area contributed by atoms with Crippen LogP contribution in [-0.2, 0) is 15.7 Å². The second-order valence-corrected chi connectivity index (χ2v) is 7.41. The van der Waals surface area contributed by atoms with E-state index in [0.29, 0.717) is 19.8 Å². The molecule has 0 radical (unpaired) electrons. The molecule has 1 aliphatic heterocycles. The van der Waals surface area contributed by atoms with Gasteiger partial charge in [0.05, 0.1) is 18.8 Å². The number of carbonyl (C=O) groups excluding carboxylic acids is 1. The monoisotopic (exact) mass is 423 g/mol. The van der Waals surface area contributed by atoms with Gasteiger partial charge in [0.1, 0.15) is 31.4 Å². The average molecular weight is 423 g/mol. The number of carbonyl (C=O) groups is 1. The summed E-state index contributed by atoms with van der Waals surface area (Å²) in [6.45, 7) is 5.42. The minimum atomic E-state index is -4.46. The zero-order valence-electron chi connectivity index (χ0n) is 16.8. The van der Waals surface area contributed by atoms with Gasteiger partial charge >= 0.3 is 6.18 Å². The van der Waals surface area contributed by atoms with Crippen molar-refractivity contribution in [3.8, 4) is 5.75 Å². The Balaban J connectivity index is 1.63. The number of ether oxygens (including phenoxy) is 2. The van der Waals surface area contributed by atoms with E-state index in [1.807, 2.05) is 31.2 Å². The molecule has 2 aromatic carbocycles. The van der Waals surface area contributed by atoms with Crippen LogP contribution in [0.3, 0.4) is 0 Å². The lowest BCUT2D eigenvalue weighted by Crippen LogP contribution is -3.14. The van der Waals surface area contributed by atoms with Gasteiger partial charge in [-0.3, -0.25) is 4.79 Å². The fourth-order valence-electron chi connectivity index (χ4n) is 3.35. The number of morpholine rings is 1. The van der Waals surface area contributed by atoms with E-state index >= 15 is 0 Å². The van der Waals surface area contributed by atoms with Gasteiger partial charge < -0.3 is 19.7 Å². The summed E-state index contributed by atoms with van der Waals surface area (Å²) in [6, 6.07) is 12.2. The molecule has 1 amide bonds. The van der Waals surface area contributed by atoms with E-state index < -0.39 is 11.7 Å².